The van der Waals surface area contributed by atoms with Crippen molar-refractivity contribution in [3.8, 4) is 17.0 Å². The Morgan fingerprint density at radius 1 is 1.55 bits per heavy atom. The summed E-state index contributed by atoms with van der Waals surface area (Å²) >= 11 is 1.33. The summed E-state index contributed by atoms with van der Waals surface area (Å²) in [5.74, 6) is -0.269. The molecule has 1 atom stereocenters. The van der Waals surface area contributed by atoms with Gasteiger partial charge >= 0.3 is 0 Å². The van der Waals surface area contributed by atoms with E-state index in [1.807, 2.05) is 0 Å². The maximum atomic E-state index is 13.7. The van der Waals surface area contributed by atoms with E-state index in [9.17, 15) is 9.18 Å². The maximum absolute atomic E-state index is 13.7. The average Bonchev–Trinajstić information content (AvgIpc) is 3.18. The summed E-state index contributed by atoms with van der Waals surface area (Å²) in [6.07, 6.45) is 0.841. The van der Waals surface area contributed by atoms with Gasteiger partial charge in [0.2, 0.25) is 5.91 Å². The molecule has 0 saturated carbocycles. The van der Waals surface area contributed by atoms with Crippen LogP contribution >= 0.6 is 11.3 Å². The number of nitrogens with one attached hydrogen (secondary N) is 2. The lowest BCUT2D eigenvalue weighted by Crippen LogP contribution is -2.24. The van der Waals surface area contributed by atoms with Gasteiger partial charge < -0.3 is 15.4 Å². The molecular weight excluding hydrogens is 305 g/mol. The highest BCUT2D eigenvalue weighted by atomic mass is 32.1. The maximum Gasteiger partial charge on any atom is 0.230 e. The van der Waals surface area contributed by atoms with E-state index < -0.39 is 5.82 Å². The highest BCUT2D eigenvalue weighted by Gasteiger charge is 2.23. The zero-order valence-electron chi connectivity index (χ0n) is 12.1. The second kappa shape index (κ2) is 6.41. The Kier molecular flexibility index (Phi) is 4.35. The molecule has 1 aromatic carbocycles. The Labute approximate surface area is 131 Å². The van der Waals surface area contributed by atoms with Gasteiger partial charge in [0, 0.05) is 17.5 Å². The molecule has 1 saturated heterocycles. The van der Waals surface area contributed by atoms with Gasteiger partial charge in [0.15, 0.2) is 16.7 Å². The minimum atomic E-state index is -0.435. The van der Waals surface area contributed by atoms with Crippen molar-refractivity contribution in [2.24, 2.45) is 5.92 Å². The van der Waals surface area contributed by atoms with Gasteiger partial charge in [-0.25, -0.2) is 9.37 Å². The first-order chi connectivity index (χ1) is 10.7. The third kappa shape index (κ3) is 3.10. The first kappa shape index (κ1) is 14.9. The van der Waals surface area contributed by atoms with Gasteiger partial charge in [-0.2, -0.15) is 0 Å². The van der Waals surface area contributed by atoms with E-state index in [2.05, 4.69) is 15.6 Å². The number of nitrogens with zero attached hydrogens (tertiary/aromatic N) is 1. The third-order valence-electron chi connectivity index (χ3n) is 3.61. The Hall–Kier alpha value is -1.99. The third-order valence-corrected chi connectivity index (χ3v) is 4.37. The highest BCUT2D eigenvalue weighted by molar-refractivity contribution is 7.14. The summed E-state index contributed by atoms with van der Waals surface area (Å²) in [5, 5.41) is 8.30. The molecule has 1 aliphatic rings. The molecule has 22 heavy (non-hydrogen) atoms. The molecule has 1 fully saturated rings. The standard InChI is InChI=1S/C15H16FN3O2S/c1-21-13-3-2-9(6-11(13)16)12-8-22-15(18-12)19-14(20)10-4-5-17-7-10/h2-3,6,8,10,17H,4-5,7H2,1H3,(H,18,19,20). The fourth-order valence-corrected chi connectivity index (χ4v) is 3.10. The number of amides is 1. The number of hydrogen-bond acceptors (Lipinski definition) is 5. The number of methoxy groups -OCH3 is 1. The number of aromatic nitrogens is 1. The van der Waals surface area contributed by atoms with Crippen LogP contribution in [0.5, 0.6) is 5.75 Å². The summed E-state index contributed by atoms with van der Waals surface area (Å²) in [6.45, 7) is 1.57. The summed E-state index contributed by atoms with van der Waals surface area (Å²) in [5.41, 5.74) is 1.28. The van der Waals surface area contributed by atoms with Crippen LogP contribution in [-0.4, -0.2) is 31.1 Å². The van der Waals surface area contributed by atoms with Crippen molar-refractivity contribution in [3.63, 3.8) is 0 Å². The van der Waals surface area contributed by atoms with Crippen molar-refractivity contribution >= 4 is 22.4 Å². The Balaban J connectivity index is 1.73. The summed E-state index contributed by atoms with van der Waals surface area (Å²) in [4.78, 5) is 16.4. The predicted molar refractivity (Wildman–Crippen MR) is 83.7 cm³/mol. The Morgan fingerprint density at radius 2 is 2.41 bits per heavy atom. The number of ether oxygens (including phenoxy) is 1. The molecule has 116 valence electrons. The van der Waals surface area contributed by atoms with Gasteiger partial charge in [-0.3, -0.25) is 4.79 Å². The summed E-state index contributed by atoms with van der Waals surface area (Å²) in [6, 6.07) is 4.68. The van der Waals surface area contributed by atoms with Crippen LogP contribution in [0.15, 0.2) is 23.6 Å². The van der Waals surface area contributed by atoms with Crippen LogP contribution in [0.1, 0.15) is 6.42 Å². The van der Waals surface area contributed by atoms with Crippen LogP contribution in [0.25, 0.3) is 11.3 Å². The molecule has 0 spiro atoms. The molecule has 1 unspecified atom stereocenters. The first-order valence-corrected chi connectivity index (χ1v) is 7.86. The number of carbonyl (C=O) groups excluding carboxylic acids is 1. The SMILES string of the molecule is COc1ccc(-c2csc(NC(=O)C3CCNC3)n2)cc1F. The van der Waals surface area contributed by atoms with E-state index in [1.54, 1.807) is 17.5 Å². The van der Waals surface area contributed by atoms with Crippen LogP contribution in [0.3, 0.4) is 0 Å². The van der Waals surface area contributed by atoms with Gasteiger partial charge in [-0.1, -0.05) is 0 Å². The summed E-state index contributed by atoms with van der Waals surface area (Å²) < 4.78 is 18.6. The minimum Gasteiger partial charge on any atom is -0.494 e. The number of rotatable bonds is 4. The van der Waals surface area contributed by atoms with E-state index in [1.165, 1.54) is 24.5 Å². The number of benzene rings is 1. The van der Waals surface area contributed by atoms with Crippen molar-refractivity contribution in [1.82, 2.24) is 10.3 Å². The molecule has 1 aromatic heterocycles. The number of carbonyl (C=O) groups is 1. The van der Waals surface area contributed by atoms with Gasteiger partial charge in [-0.05, 0) is 31.2 Å². The molecular formula is C15H16FN3O2S. The Bertz CT molecular complexity index is 683. The minimum absolute atomic E-state index is 0.00854. The highest BCUT2D eigenvalue weighted by Crippen LogP contribution is 2.28. The molecule has 0 radical (unpaired) electrons. The average molecular weight is 321 g/mol. The monoisotopic (exact) mass is 321 g/mol. The van der Waals surface area contributed by atoms with E-state index in [0.29, 0.717) is 22.9 Å². The molecule has 2 aromatic rings. The molecule has 1 aliphatic heterocycles. The lowest BCUT2D eigenvalue weighted by molar-refractivity contribution is -0.119. The first-order valence-electron chi connectivity index (χ1n) is 6.98. The van der Waals surface area contributed by atoms with Crippen LogP contribution < -0.4 is 15.4 Å². The summed E-state index contributed by atoms with van der Waals surface area (Å²) in [7, 11) is 1.42. The molecule has 7 heteroatoms. The smallest absolute Gasteiger partial charge is 0.230 e. The molecule has 1 amide bonds. The quantitative estimate of drug-likeness (QED) is 0.908. The fourth-order valence-electron chi connectivity index (χ4n) is 2.38. The fraction of sp³-hybridized carbons (Fsp3) is 0.333. The molecule has 0 aliphatic carbocycles. The normalized spacial score (nSPS) is 17.5. The molecule has 5 nitrogen and oxygen atoms in total. The predicted octanol–water partition coefficient (Wildman–Crippen LogP) is 2.51. The van der Waals surface area contributed by atoms with Gasteiger partial charge in [0.1, 0.15) is 0 Å². The van der Waals surface area contributed by atoms with E-state index in [-0.39, 0.29) is 17.6 Å². The van der Waals surface area contributed by atoms with Gasteiger partial charge in [0.25, 0.3) is 0 Å². The van der Waals surface area contributed by atoms with E-state index >= 15 is 0 Å². The largest absolute Gasteiger partial charge is 0.494 e. The lowest BCUT2D eigenvalue weighted by atomic mass is 10.1. The zero-order valence-corrected chi connectivity index (χ0v) is 12.9. The van der Waals surface area contributed by atoms with Gasteiger partial charge in [0.05, 0.1) is 18.7 Å². The topological polar surface area (TPSA) is 63.2 Å². The number of halogens is 1. The Morgan fingerprint density at radius 3 is 3.09 bits per heavy atom. The molecule has 3 rings (SSSR count). The van der Waals surface area contributed by atoms with Crippen LogP contribution in [0.4, 0.5) is 9.52 Å². The van der Waals surface area contributed by atoms with Crippen molar-refractivity contribution in [3.05, 3.63) is 29.4 Å². The number of hydrogen-bond donors (Lipinski definition) is 2. The molecule has 2 N–H and O–H groups in total. The van der Waals surface area contributed by atoms with Crippen LogP contribution in [0, 0.1) is 11.7 Å². The van der Waals surface area contributed by atoms with Crippen molar-refractivity contribution in [1.29, 1.82) is 0 Å². The molecule has 0 bridgehead atoms. The second-order valence-electron chi connectivity index (χ2n) is 5.07. The van der Waals surface area contributed by atoms with E-state index in [4.69, 9.17) is 4.74 Å². The van der Waals surface area contributed by atoms with Crippen molar-refractivity contribution < 1.29 is 13.9 Å². The van der Waals surface area contributed by atoms with Crippen molar-refractivity contribution in [2.75, 3.05) is 25.5 Å². The number of thiazole rings is 1. The van der Waals surface area contributed by atoms with Gasteiger partial charge in [-0.15, -0.1) is 11.3 Å². The van der Waals surface area contributed by atoms with E-state index in [0.717, 1.165) is 13.0 Å². The zero-order chi connectivity index (χ0) is 15.5. The lowest BCUT2D eigenvalue weighted by Gasteiger charge is -2.06. The van der Waals surface area contributed by atoms with Crippen LogP contribution in [-0.2, 0) is 4.79 Å². The van der Waals surface area contributed by atoms with Crippen molar-refractivity contribution in [2.45, 2.75) is 6.42 Å². The molecule has 2 heterocycles. The second-order valence-corrected chi connectivity index (χ2v) is 5.92. The number of anilines is 1. The van der Waals surface area contributed by atoms with Crippen LogP contribution in [0.2, 0.25) is 0 Å².